The quantitative estimate of drug-likeness (QED) is 0.497. The van der Waals surface area contributed by atoms with E-state index in [0.717, 1.165) is 18.2 Å². The van der Waals surface area contributed by atoms with Crippen molar-refractivity contribution in [3.8, 4) is 11.5 Å². The lowest BCUT2D eigenvalue weighted by molar-refractivity contribution is -0.131. The lowest BCUT2D eigenvalue weighted by Crippen LogP contribution is -1.89. The van der Waals surface area contributed by atoms with Gasteiger partial charge in [-0.15, -0.1) is 0 Å². The van der Waals surface area contributed by atoms with E-state index in [-0.39, 0.29) is 5.56 Å². The summed E-state index contributed by atoms with van der Waals surface area (Å²) >= 11 is 0. The summed E-state index contributed by atoms with van der Waals surface area (Å²) in [7, 11) is 0. The zero-order valence-electron chi connectivity index (χ0n) is 6.94. The number of benzene rings is 1. The third-order valence-electron chi connectivity index (χ3n) is 1.50. The van der Waals surface area contributed by atoms with Crippen LogP contribution in [0.2, 0.25) is 0 Å². The van der Waals surface area contributed by atoms with Gasteiger partial charge in [-0.25, -0.2) is 9.18 Å². The molecule has 0 spiro atoms. The Morgan fingerprint density at radius 3 is 2.43 bits per heavy atom. The molecule has 0 saturated heterocycles. The smallest absolute Gasteiger partial charge is 0.331 e. The van der Waals surface area contributed by atoms with Crippen LogP contribution in [0.4, 0.5) is 4.39 Å². The molecule has 0 amide bonds. The van der Waals surface area contributed by atoms with Crippen molar-refractivity contribution in [2.75, 3.05) is 0 Å². The molecule has 0 aliphatic rings. The van der Waals surface area contributed by atoms with Crippen LogP contribution >= 0.6 is 0 Å². The highest BCUT2D eigenvalue weighted by atomic mass is 19.1. The van der Waals surface area contributed by atoms with E-state index in [1.165, 1.54) is 0 Å². The van der Waals surface area contributed by atoms with Crippen molar-refractivity contribution in [1.29, 1.82) is 0 Å². The Morgan fingerprint density at radius 2 is 1.93 bits per heavy atom. The molecule has 74 valence electrons. The standard InChI is InChI=1S/C9H7FO4/c10-6(4-9(13)14)5-1-2-7(11)8(12)3-5/h1-4,11-12H,(H,13,14). The topological polar surface area (TPSA) is 77.8 Å². The minimum Gasteiger partial charge on any atom is -0.504 e. The molecule has 0 atom stereocenters. The van der Waals surface area contributed by atoms with E-state index in [0.29, 0.717) is 6.08 Å². The maximum atomic E-state index is 13.0. The van der Waals surface area contributed by atoms with Crippen LogP contribution in [-0.4, -0.2) is 21.3 Å². The third-order valence-corrected chi connectivity index (χ3v) is 1.50. The van der Waals surface area contributed by atoms with Gasteiger partial charge in [-0.05, 0) is 18.2 Å². The highest BCUT2D eigenvalue weighted by Crippen LogP contribution is 2.28. The van der Waals surface area contributed by atoms with Crippen LogP contribution in [0.1, 0.15) is 5.56 Å². The lowest BCUT2D eigenvalue weighted by Gasteiger charge is -2.00. The normalized spacial score (nSPS) is 11.4. The molecule has 0 heterocycles. The Labute approximate surface area is 78.5 Å². The molecule has 0 aromatic heterocycles. The molecule has 0 bridgehead atoms. The van der Waals surface area contributed by atoms with Crippen molar-refractivity contribution in [3.05, 3.63) is 29.8 Å². The fourth-order valence-electron chi connectivity index (χ4n) is 0.864. The molecule has 0 aliphatic heterocycles. The summed E-state index contributed by atoms with van der Waals surface area (Å²) in [5.41, 5.74) is -0.109. The molecule has 0 aliphatic carbocycles. The van der Waals surface area contributed by atoms with Gasteiger partial charge >= 0.3 is 5.97 Å². The Kier molecular flexibility index (Phi) is 2.71. The number of hydrogen-bond donors (Lipinski definition) is 3. The predicted molar refractivity (Wildman–Crippen MR) is 46.5 cm³/mol. The summed E-state index contributed by atoms with van der Waals surface area (Å²) in [6.45, 7) is 0. The Balaban J connectivity index is 3.09. The molecular weight excluding hydrogens is 191 g/mol. The van der Waals surface area contributed by atoms with Gasteiger partial charge in [0, 0.05) is 5.56 Å². The van der Waals surface area contributed by atoms with Gasteiger partial charge in [0.2, 0.25) is 0 Å². The summed E-state index contributed by atoms with van der Waals surface area (Å²) in [6, 6.07) is 3.16. The second kappa shape index (κ2) is 3.78. The first-order chi connectivity index (χ1) is 6.50. The number of rotatable bonds is 2. The van der Waals surface area contributed by atoms with Gasteiger partial charge in [-0.3, -0.25) is 0 Å². The molecule has 1 aromatic carbocycles. The average molecular weight is 198 g/mol. The van der Waals surface area contributed by atoms with Gasteiger partial charge in [0.1, 0.15) is 5.83 Å². The third kappa shape index (κ3) is 2.22. The summed E-state index contributed by atoms with van der Waals surface area (Å²) in [4.78, 5) is 10.1. The van der Waals surface area contributed by atoms with Crippen LogP contribution in [0.3, 0.4) is 0 Å². The van der Waals surface area contributed by atoms with E-state index in [1.54, 1.807) is 0 Å². The maximum Gasteiger partial charge on any atom is 0.331 e. The molecule has 5 heteroatoms. The molecular formula is C9H7FO4. The SMILES string of the molecule is O=C(O)C=C(F)c1ccc(O)c(O)c1. The van der Waals surface area contributed by atoms with E-state index in [1.807, 2.05) is 0 Å². The summed E-state index contributed by atoms with van der Waals surface area (Å²) in [5, 5.41) is 26.1. The number of hydrogen-bond acceptors (Lipinski definition) is 3. The second-order valence-corrected chi connectivity index (χ2v) is 2.53. The summed E-state index contributed by atoms with van der Waals surface area (Å²) < 4.78 is 13.0. The first-order valence-electron chi connectivity index (χ1n) is 3.63. The predicted octanol–water partition coefficient (Wildman–Crippen LogP) is 1.49. The number of halogens is 1. The van der Waals surface area contributed by atoms with Gasteiger partial charge in [0.25, 0.3) is 0 Å². The van der Waals surface area contributed by atoms with Crippen molar-refractivity contribution in [2.24, 2.45) is 0 Å². The molecule has 4 nitrogen and oxygen atoms in total. The first kappa shape index (κ1) is 10.0. The largest absolute Gasteiger partial charge is 0.504 e. The number of aliphatic carboxylic acids is 1. The van der Waals surface area contributed by atoms with Gasteiger partial charge in [0.15, 0.2) is 11.5 Å². The minimum absolute atomic E-state index is 0.109. The number of carbonyl (C=O) groups is 1. The maximum absolute atomic E-state index is 13.0. The number of carboxylic acids is 1. The van der Waals surface area contributed by atoms with Gasteiger partial charge in [0.05, 0.1) is 6.08 Å². The van der Waals surface area contributed by atoms with Crippen molar-refractivity contribution in [2.45, 2.75) is 0 Å². The first-order valence-corrected chi connectivity index (χ1v) is 3.63. The van der Waals surface area contributed by atoms with Gasteiger partial charge < -0.3 is 15.3 Å². The highest BCUT2D eigenvalue weighted by Gasteiger charge is 2.06. The number of phenols is 2. The second-order valence-electron chi connectivity index (χ2n) is 2.53. The lowest BCUT2D eigenvalue weighted by atomic mass is 10.1. The van der Waals surface area contributed by atoms with Crippen LogP contribution in [0, 0.1) is 0 Å². The fraction of sp³-hybridized carbons (Fsp3) is 0. The van der Waals surface area contributed by atoms with Crippen LogP contribution in [-0.2, 0) is 4.79 Å². The number of carboxylic acid groups (broad SMARTS) is 1. The molecule has 0 fully saturated rings. The van der Waals surface area contributed by atoms with Crippen LogP contribution in [0.5, 0.6) is 11.5 Å². The van der Waals surface area contributed by atoms with E-state index in [9.17, 15) is 9.18 Å². The average Bonchev–Trinajstić information content (AvgIpc) is 2.08. The Hall–Kier alpha value is -2.04. The van der Waals surface area contributed by atoms with Crippen molar-refractivity contribution < 1.29 is 24.5 Å². The number of aromatic hydroxyl groups is 2. The van der Waals surface area contributed by atoms with E-state index >= 15 is 0 Å². The molecule has 0 unspecified atom stereocenters. The van der Waals surface area contributed by atoms with E-state index in [4.69, 9.17) is 15.3 Å². The molecule has 3 N–H and O–H groups in total. The monoisotopic (exact) mass is 198 g/mol. The van der Waals surface area contributed by atoms with Crippen molar-refractivity contribution >= 4 is 11.8 Å². The molecule has 1 aromatic rings. The van der Waals surface area contributed by atoms with Crippen molar-refractivity contribution in [3.63, 3.8) is 0 Å². The Bertz CT molecular complexity index is 398. The minimum atomic E-state index is -1.42. The van der Waals surface area contributed by atoms with Crippen LogP contribution < -0.4 is 0 Å². The van der Waals surface area contributed by atoms with E-state index in [2.05, 4.69) is 0 Å². The molecule has 14 heavy (non-hydrogen) atoms. The van der Waals surface area contributed by atoms with Crippen LogP contribution in [0.15, 0.2) is 24.3 Å². The highest BCUT2D eigenvalue weighted by molar-refractivity contribution is 5.88. The number of phenolic OH excluding ortho intramolecular Hbond substituents is 2. The van der Waals surface area contributed by atoms with Crippen LogP contribution in [0.25, 0.3) is 5.83 Å². The molecule has 0 saturated carbocycles. The molecule has 0 radical (unpaired) electrons. The van der Waals surface area contributed by atoms with E-state index < -0.39 is 23.3 Å². The Morgan fingerprint density at radius 1 is 1.29 bits per heavy atom. The molecule has 1 rings (SSSR count). The zero-order valence-corrected chi connectivity index (χ0v) is 6.94. The van der Waals surface area contributed by atoms with Gasteiger partial charge in [-0.1, -0.05) is 0 Å². The zero-order chi connectivity index (χ0) is 10.7. The van der Waals surface area contributed by atoms with Crippen molar-refractivity contribution in [1.82, 2.24) is 0 Å². The summed E-state index contributed by atoms with van der Waals surface area (Å²) in [6.07, 6.45) is 0.367. The summed E-state index contributed by atoms with van der Waals surface area (Å²) in [5.74, 6) is -3.31. The fourth-order valence-corrected chi connectivity index (χ4v) is 0.864. The van der Waals surface area contributed by atoms with Gasteiger partial charge in [-0.2, -0.15) is 0 Å².